The minimum Gasteiger partial charge on any atom is -0.505 e. The van der Waals surface area contributed by atoms with E-state index >= 15 is 0 Å². The van der Waals surface area contributed by atoms with Gasteiger partial charge in [0.1, 0.15) is 0 Å². The van der Waals surface area contributed by atoms with Crippen molar-refractivity contribution in [3.05, 3.63) is 53.8 Å². The number of phenolic OH excluding ortho intramolecular Hbond substituents is 1. The Morgan fingerprint density at radius 2 is 1.85 bits per heavy atom. The molecule has 0 saturated carbocycles. The fourth-order valence-electron chi connectivity index (χ4n) is 1.83. The van der Waals surface area contributed by atoms with Crippen LogP contribution in [0.15, 0.2) is 47.4 Å². The van der Waals surface area contributed by atoms with Gasteiger partial charge in [-0.3, -0.25) is 0 Å². The van der Waals surface area contributed by atoms with E-state index in [1.165, 1.54) is 12.1 Å². The Kier molecular flexibility index (Phi) is 3.94. The number of para-hydroxylation sites is 2. The number of nitrogens with one attached hydrogen (secondary N) is 1. The van der Waals surface area contributed by atoms with E-state index in [0.29, 0.717) is 11.3 Å². The van der Waals surface area contributed by atoms with E-state index in [9.17, 15) is 17.9 Å². The van der Waals surface area contributed by atoms with Crippen LogP contribution in [0.3, 0.4) is 0 Å². The minimum absolute atomic E-state index is 0.121. The second-order valence-corrected chi connectivity index (χ2v) is 6.35. The van der Waals surface area contributed by atoms with Gasteiger partial charge in [0.2, 0.25) is 0 Å². The van der Waals surface area contributed by atoms with E-state index < -0.39 is 21.4 Å². The molecule has 0 spiro atoms. The van der Waals surface area contributed by atoms with Gasteiger partial charge >= 0.3 is 0 Å². The predicted molar refractivity (Wildman–Crippen MR) is 74.9 cm³/mol. The molecule has 0 aliphatic rings. The predicted octanol–water partition coefficient (Wildman–Crippen LogP) is 2.55. The number of anilines is 1. The van der Waals surface area contributed by atoms with Gasteiger partial charge in [-0.1, -0.05) is 24.3 Å². The highest BCUT2D eigenvalue weighted by molar-refractivity contribution is 7.90. The van der Waals surface area contributed by atoms with E-state index in [1.807, 2.05) is 0 Å². The Hall–Kier alpha value is -2.08. The zero-order valence-electron chi connectivity index (χ0n) is 10.8. The third-order valence-electron chi connectivity index (χ3n) is 2.83. The molecule has 0 radical (unpaired) electrons. The van der Waals surface area contributed by atoms with Gasteiger partial charge in [-0.05, 0) is 18.2 Å². The summed E-state index contributed by atoms with van der Waals surface area (Å²) in [6.45, 7) is 0.121. The van der Waals surface area contributed by atoms with Crippen molar-refractivity contribution >= 4 is 15.5 Å². The van der Waals surface area contributed by atoms with E-state index in [1.54, 1.807) is 24.3 Å². The molecule has 6 heteroatoms. The van der Waals surface area contributed by atoms with Crippen molar-refractivity contribution in [2.24, 2.45) is 0 Å². The van der Waals surface area contributed by atoms with E-state index in [0.717, 1.165) is 12.3 Å². The summed E-state index contributed by atoms with van der Waals surface area (Å²) in [4.78, 5) is 0.163. The fraction of sp³-hybridized carbons (Fsp3) is 0.143. The molecule has 2 aromatic carbocycles. The number of hydrogen-bond donors (Lipinski definition) is 2. The molecule has 2 N–H and O–H groups in total. The molecule has 0 saturated heterocycles. The average Bonchev–Trinajstić information content (AvgIpc) is 2.40. The summed E-state index contributed by atoms with van der Waals surface area (Å²) in [6, 6.07) is 10.6. The first-order valence-electron chi connectivity index (χ1n) is 5.89. The largest absolute Gasteiger partial charge is 0.505 e. The van der Waals surface area contributed by atoms with Gasteiger partial charge in [0, 0.05) is 18.4 Å². The zero-order valence-corrected chi connectivity index (χ0v) is 11.6. The summed E-state index contributed by atoms with van der Waals surface area (Å²) >= 11 is 0. The van der Waals surface area contributed by atoms with Gasteiger partial charge in [-0.25, -0.2) is 12.8 Å². The first-order chi connectivity index (χ1) is 9.39. The normalized spacial score (nSPS) is 11.3. The topological polar surface area (TPSA) is 66.4 Å². The lowest BCUT2D eigenvalue weighted by Crippen LogP contribution is -2.06. The first-order valence-corrected chi connectivity index (χ1v) is 7.78. The van der Waals surface area contributed by atoms with Crippen molar-refractivity contribution in [1.82, 2.24) is 0 Å². The molecule has 0 unspecified atom stereocenters. The molecule has 0 atom stereocenters. The van der Waals surface area contributed by atoms with Crippen molar-refractivity contribution < 1.29 is 17.9 Å². The molecule has 0 heterocycles. The maximum atomic E-state index is 13.2. The molecule has 0 bridgehead atoms. The number of hydrogen-bond acceptors (Lipinski definition) is 4. The fourth-order valence-corrected chi connectivity index (χ4v) is 2.69. The summed E-state index contributed by atoms with van der Waals surface area (Å²) in [6.07, 6.45) is 1.12. The van der Waals surface area contributed by atoms with Crippen molar-refractivity contribution in [1.29, 1.82) is 0 Å². The summed E-state index contributed by atoms with van der Waals surface area (Å²) in [5.41, 5.74) is 0.770. The van der Waals surface area contributed by atoms with Gasteiger partial charge in [-0.15, -0.1) is 0 Å². The number of phenols is 1. The van der Waals surface area contributed by atoms with Crippen LogP contribution in [-0.2, 0) is 16.4 Å². The van der Waals surface area contributed by atoms with Gasteiger partial charge in [0.25, 0.3) is 0 Å². The Balaban J connectivity index is 2.26. The highest BCUT2D eigenvalue weighted by atomic mass is 32.2. The highest BCUT2D eigenvalue weighted by Gasteiger charge is 2.13. The summed E-state index contributed by atoms with van der Waals surface area (Å²) in [7, 11) is -3.36. The summed E-state index contributed by atoms with van der Waals surface area (Å²) in [5, 5.41) is 12.5. The van der Waals surface area contributed by atoms with E-state index in [4.69, 9.17) is 0 Å². The van der Waals surface area contributed by atoms with Gasteiger partial charge in [-0.2, -0.15) is 0 Å². The molecule has 20 heavy (non-hydrogen) atoms. The minimum atomic E-state index is -3.36. The Bertz CT molecular complexity index is 729. The van der Waals surface area contributed by atoms with Gasteiger partial charge in [0.05, 0.1) is 10.6 Å². The van der Waals surface area contributed by atoms with Crippen LogP contribution in [0.4, 0.5) is 10.1 Å². The molecule has 2 aromatic rings. The van der Waals surface area contributed by atoms with E-state index in [-0.39, 0.29) is 11.4 Å². The maximum Gasteiger partial charge on any atom is 0.177 e. The Morgan fingerprint density at radius 1 is 1.15 bits per heavy atom. The van der Waals surface area contributed by atoms with Gasteiger partial charge < -0.3 is 10.4 Å². The maximum absolute atomic E-state index is 13.2. The molecular weight excluding hydrogens is 281 g/mol. The average molecular weight is 295 g/mol. The van der Waals surface area contributed by atoms with Crippen molar-refractivity contribution in [2.75, 3.05) is 11.6 Å². The summed E-state index contributed by atoms with van der Waals surface area (Å²) < 4.78 is 36.5. The molecule has 0 aliphatic heterocycles. The monoisotopic (exact) mass is 295 g/mol. The third kappa shape index (κ3) is 3.08. The molecule has 0 aliphatic carbocycles. The van der Waals surface area contributed by atoms with Gasteiger partial charge in [0.15, 0.2) is 21.4 Å². The molecule has 106 valence electrons. The second kappa shape index (κ2) is 5.50. The lowest BCUT2D eigenvalue weighted by atomic mass is 10.2. The summed E-state index contributed by atoms with van der Waals surface area (Å²) in [5.74, 6) is -1.14. The van der Waals surface area contributed by atoms with Crippen LogP contribution < -0.4 is 5.32 Å². The Labute approximate surface area is 116 Å². The standard InChI is InChI=1S/C14H14FNO3S/c1-20(18,19)13-8-3-2-7-12(13)16-9-10-5-4-6-11(15)14(10)17/h2-8,16-17H,9H2,1H3. The molecule has 0 amide bonds. The van der Waals surface area contributed by atoms with Crippen molar-refractivity contribution in [3.63, 3.8) is 0 Å². The van der Waals surface area contributed by atoms with Crippen LogP contribution in [0.1, 0.15) is 5.56 Å². The molecule has 4 nitrogen and oxygen atoms in total. The number of rotatable bonds is 4. The highest BCUT2D eigenvalue weighted by Crippen LogP contribution is 2.24. The van der Waals surface area contributed by atoms with Crippen LogP contribution in [0.5, 0.6) is 5.75 Å². The van der Waals surface area contributed by atoms with Crippen LogP contribution in [0, 0.1) is 5.82 Å². The van der Waals surface area contributed by atoms with Crippen molar-refractivity contribution in [3.8, 4) is 5.75 Å². The number of aromatic hydroxyl groups is 1. The number of sulfone groups is 1. The lowest BCUT2D eigenvalue weighted by Gasteiger charge is -2.11. The zero-order chi connectivity index (χ0) is 14.8. The third-order valence-corrected chi connectivity index (χ3v) is 3.98. The smallest absolute Gasteiger partial charge is 0.177 e. The molecular formula is C14H14FNO3S. The molecule has 0 fully saturated rings. The second-order valence-electron chi connectivity index (χ2n) is 4.37. The SMILES string of the molecule is CS(=O)(=O)c1ccccc1NCc1cccc(F)c1O. The first kappa shape index (κ1) is 14.3. The quantitative estimate of drug-likeness (QED) is 0.909. The molecule has 0 aromatic heterocycles. The van der Waals surface area contributed by atoms with E-state index in [2.05, 4.69) is 5.32 Å². The van der Waals surface area contributed by atoms with Crippen LogP contribution in [-0.4, -0.2) is 19.8 Å². The number of benzene rings is 2. The Morgan fingerprint density at radius 3 is 2.55 bits per heavy atom. The van der Waals surface area contributed by atoms with Crippen LogP contribution >= 0.6 is 0 Å². The number of halogens is 1. The van der Waals surface area contributed by atoms with Crippen LogP contribution in [0.25, 0.3) is 0 Å². The molecule has 2 rings (SSSR count). The van der Waals surface area contributed by atoms with Crippen molar-refractivity contribution in [2.45, 2.75) is 11.4 Å². The van der Waals surface area contributed by atoms with Crippen LogP contribution in [0.2, 0.25) is 0 Å². The lowest BCUT2D eigenvalue weighted by molar-refractivity contribution is 0.427.